The Morgan fingerprint density at radius 2 is 1.89 bits per heavy atom. The average Bonchev–Trinajstić information content (AvgIpc) is 2.94. The Morgan fingerprint density at radius 1 is 1.19 bits per heavy atom. The van der Waals surface area contributed by atoms with Gasteiger partial charge in [0.1, 0.15) is 11.4 Å². The summed E-state index contributed by atoms with van der Waals surface area (Å²) in [6.07, 6.45) is 0.961. The van der Waals surface area contributed by atoms with Crippen molar-refractivity contribution in [3.8, 4) is 0 Å². The predicted molar refractivity (Wildman–Crippen MR) is 101 cm³/mol. The third-order valence-electron chi connectivity index (χ3n) is 5.18. The van der Waals surface area contributed by atoms with Gasteiger partial charge in [0.2, 0.25) is 0 Å². The van der Waals surface area contributed by atoms with Crippen LogP contribution >= 0.6 is 0 Å². The molecule has 1 amide bonds. The molecule has 1 atom stereocenters. The van der Waals surface area contributed by atoms with E-state index in [1.807, 2.05) is 13.0 Å². The van der Waals surface area contributed by atoms with Gasteiger partial charge in [-0.05, 0) is 59.7 Å². The number of carboxylic acids is 1. The van der Waals surface area contributed by atoms with Crippen LogP contribution in [0.5, 0.6) is 0 Å². The van der Waals surface area contributed by atoms with Crippen molar-refractivity contribution in [1.29, 1.82) is 0 Å². The Kier molecular flexibility index (Phi) is 5.05. The molecule has 3 rings (SSSR count). The van der Waals surface area contributed by atoms with Crippen LogP contribution in [0.4, 0.5) is 4.39 Å². The highest BCUT2D eigenvalue weighted by atomic mass is 19.1. The highest BCUT2D eigenvalue weighted by Crippen LogP contribution is 2.32. The van der Waals surface area contributed by atoms with E-state index in [-0.39, 0.29) is 12.8 Å². The summed E-state index contributed by atoms with van der Waals surface area (Å²) in [6.45, 7) is 6.11. The summed E-state index contributed by atoms with van der Waals surface area (Å²) in [7, 11) is 0. The fourth-order valence-electron chi connectivity index (χ4n) is 3.82. The lowest BCUT2D eigenvalue weighted by Crippen LogP contribution is -2.55. The molecule has 0 unspecified atom stereocenters. The van der Waals surface area contributed by atoms with E-state index in [2.05, 4.69) is 19.2 Å². The third-order valence-corrected chi connectivity index (χ3v) is 5.18. The molecule has 0 heterocycles. The predicted octanol–water partition coefficient (Wildman–Crippen LogP) is 3.68. The maximum absolute atomic E-state index is 13.5. The standard InChI is InChI=1S/C22H24FNO3/c1-13(2)9-19-14(3)5-4-6-18(19)20(25)24-22(21(26)27)11-15-7-8-17(23)10-16(15)12-22/h4-8,10,13H,9,11-12H2,1-3H3,(H,24,25)(H,26,27)/t22-/m0/s1. The largest absolute Gasteiger partial charge is 0.479 e. The summed E-state index contributed by atoms with van der Waals surface area (Å²) in [5.74, 6) is -1.54. The van der Waals surface area contributed by atoms with E-state index in [1.54, 1.807) is 18.2 Å². The molecule has 0 aliphatic heterocycles. The first kappa shape index (κ1) is 19.1. The molecule has 0 fully saturated rings. The molecular weight excluding hydrogens is 345 g/mol. The maximum Gasteiger partial charge on any atom is 0.330 e. The van der Waals surface area contributed by atoms with Crippen molar-refractivity contribution in [3.05, 3.63) is 70.0 Å². The van der Waals surface area contributed by atoms with Gasteiger partial charge in [-0.15, -0.1) is 0 Å². The van der Waals surface area contributed by atoms with Crippen LogP contribution in [0.3, 0.4) is 0 Å². The van der Waals surface area contributed by atoms with Crippen molar-refractivity contribution in [3.63, 3.8) is 0 Å². The normalized spacial score (nSPS) is 18.4. The van der Waals surface area contributed by atoms with E-state index in [4.69, 9.17) is 0 Å². The summed E-state index contributed by atoms with van der Waals surface area (Å²) < 4.78 is 13.5. The summed E-state index contributed by atoms with van der Waals surface area (Å²) >= 11 is 0. The fourth-order valence-corrected chi connectivity index (χ4v) is 3.82. The zero-order valence-electron chi connectivity index (χ0n) is 15.8. The lowest BCUT2D eigenvalue weighted by molar-refractivity contribution is -0.144. The summed E-state index contributed by atoms with van der Waals surface area (Å²) in [4.78, 5) is 25.1. The Morgan fingerprint density at radius 3 is 2.56 bits per heavy atom. The van der Waals surface area contributed by atoms with Crippen LogP contribution < -0.4 is 5.32 Å². The quantitative estimate of drug-likeness (QED) is 0.845. The van der Waals surface area contributed by atoms with Crippen LogP contribution in [0.1, 0.15) is 46.5 Å². The van der Waals surface area contributed by atoms with Crippen LogP contribution in [-0.4, -0.2) is 22.5 Å². The van der Waals surface area contributed by atoms with Crippen LogP contribution in [0.25, 0.3) is 0 Å². The van der Waals surface area contributed by atoms with Crippen LogP contribution in [-0.2, 0) is 24.1 Å². The van der Waals surface area contributed by atoms with E-state index in [0.29, 0.717) is 17.0 Å². The van der Waals surface area contributed by atoms with Crippen molar-refractivity contribution in [2.75, 3.05) is 0 Å². The van der Waals surface area contributed by atoms with Crippen molar-refractivity contribution < 1.29 is 19.1 Å². The topological polar surface area (TPSA) is 66.4 Å². The van der Waals surface area contributed by atoms with Gasteiger partial charge in [0.05, 0.1) is 0 Å². The summed E-state index contributed by atoms with van der Waals surface area (Å²) in [5, 5.41) is 12.6. The molecule has 5 heteroatoms. The Hall–Kier alpha value is -2.69. The number of rotatable bonds is 5. The van der Waals surface area contributed by atoms with Gasteiger partial charge in [-0.2, -0.15) is 0 Å². The van der Waals surface area contributed by atoms with E-state index in [1.165, 1.54) is 12.1 Å². The lowest BCUT2D eigenvalue weighted by atomic mass is 9.91. The van der Waals surface area contributed by atoms with Crippen molar-refractivity contribution in [2.24, 2.45) is 5.92 Å². The third kappa shape index (κ3) is 3.72. The zero-order chi connectivity index (χ0) is 19.8. The number of carbonyl (C=O) groups is 2. The van der Waals surface area contributed by atoms with E-state index in [9.17, 15) is 19.1 Å². The minimum atomic E-state index is -1.45. The Balaban J connectivity index is 1.93. The number of benzene rings is 2. The van der Waals surface area contributed by atoms with Gasteiger partial charge in [-0.3, -0.25) is 4.79 Å². The van der Waals surface area contributed by atoms with Crippen molar-refractivity contribution >= 4 is 11.9 Å². The van der Waals surface area contributed by atoms with Crippen molar-refractivity contribution in [2.45, 2.75) is 45.6 Å². The van der Waals surface area contributed by atoms with E-state index >= 15 is 0 Å². The molecule has 0 saturated heterocycles. The van der Waals surface area contributed by atoms with Crippen LogP contribution in [0.15, 0.2) is 36.4 Å². The molecule has 27 heavy (non-hydrogen) atoms. The van der Waals surface area contributed by atoms with Gasteiger partial charge >= 0.3 is 5.97 Å². The lowest BCUT2D eigenvalue weighted by Gasteiger charge is -2.26. The number of aliphatic carboxylic acids is 1. The number of carboxylic acid groups (broad SMARTS) is 1. The molecule has 1 aliphatic rings. The number of hydrogen-bond acceptors (Lipinski definition) is 2. The molecule has 0 spiro atoms. The molecular formula is C22H24FNO3. The number of aryl methyl sites for hydroxylation is 1. The molecule has 2 aromatic rings. The number of fused-ring (bicyclic) bond motifs is 1. The van der Waals surface area contributed by atoms with E-state index < -0.39 is 23.2 Å². The van der Waals surface area contributed by atoms with Gasteiger partial charge < -0.3 is 10.4 Å². The fraction of sp³-hybridized carbons (Fsp3) is 0.364. The first-order valence-electron chi connectivity index (χ1n) is 9.13. The molecule has 2 N–H and O–H groups in total. The monoisotopic (exact) mass is 369 g/mol. The molecule has 142 valence electrons. The van der Waals surface area contributed by atoms with Gasteiger partial charge in [-0.1, -0.05) is 32.0 Å². The van der Waals surface area contributed by atoms with Crippen molar-refractivity contribution in [1.82, 2.24) is 5.32 Å². The highest BCUT2D eigenvalue weighted by Gasteiger charge is 2.45. The number of amides is 1. The number of halogens is 1. The van der Waals surface area contributed by atoms with E-state index in [0.717, 1.165) is 23.1 Å². The van der Waals surface area contributed by atoms with Gasteiger partial charge in [0, 0.05) is 18.4 Å². The number of nitrogens with one attached hydrogen (secondary N) is 1. The molecule has 0 bridgehead atoms. The highest BCUT2D eigenvalue weighted by molar-refractivity contribution is 5.99. The second-order valence-electron chi connectivity index (χ2n) is 7.81. The molecule has 1 aliphatic carbocycles. The molecule has 2 aromatic carbocycles. The Bertz CT molecular complexity index is 906. The van der Waals surface area contributed by atoms with Crippen LogP contribution in [0, 0.1) is 18.7 Å². The molecule has 0 saturated carbocycles. The summed E-state index contributed by atoms with van der Waals surface area (Å²) in [5.41, 5.74) is 2.39. The first-order valence-corrected chi connectivity index (χ1v) is 9.13. The SMILES string of the molecule is Cc1cccc(C(=O)N[C@@]2(C(=O)O)Cc3ccc(F)cc3C2)c1CC(C)C. The number of hydrogen-bond donors (Lipinski definition) is 2. The van der Waals surface area contributed by atoms with Crippen LogP contribution in [0.2, 0.25) is 0 Å². The molecule has 0 radical (unpaired) electrons. The van der Waals surface area contributed by atoms with Gasteiger partial charge in [-0.25, -0.2) is 9.18 Å². The minimum absolute atomic E-state index is 0.0759. The smallest absolute Gasteiger partial charge is 0.330 e. The first-order chi connectivity index (χ1) is 12.7. The Labute approximate surface area is 158 Å². The second-order valence-corrected chi connectivity index (χ2v) is 7.81. The maximum atomic E-state index is 13.5. The van der Waals surface area contributed by atoms with Gasteiger partial charge in [0.15, 0.2) is 0 Å². The molecule has 4 nitrogen and oxygen atoms in total. The minimum Gasteiger partial charge on any atom is -0.479 e. The summed E-state index contributed by atoms with van der Waals surface area (Å²) in [6, 6.07) is 9.76. The van der Waals surface area contributed by atoms with Gasteiger partial charge in [0.25, 0.3) is 5.91 Å². The average molecular weight is 369 g/mol. The number of carbonyl (C=O) groups excluding carboxylic acids is 1. The molecule has 0 aromatic heterocycles. The zero-order valence-corrected chi connectivity index (χ0v) is 15.8. The second kappa shape index (κ2) is 7.14.